The van der Waals surface area contributed by atoms with Gasteiger partial charge in [-0.05, 0) is 30.7 Å². The van der Waals surface area contributed by atoms with Crippen molar-refractivity contribution in [3.8, 4) is 5.75 Å². The van der Waals surface area contributed by atoms with Crippen molar-refractivity contribution < 1.29 is 4.74 Å². The van der Waals surface area contributed by atoms with Crippen LogP contribution in [-0.4, -0.2) is 19.1 Å². The molecule has 0 aliphatic rings. The third kappa shape index (κ3) is 3.52. The molecule has 2 N–H and O–H groups in total. The maximum Gasteiger partial charge on any atom is 0.123 e. The number of aryl methyl sites for hydroxylation is 1. The van der Waals surface area contributed by atoms with Gasteiger partial charge in [-0.2, -0.15) is 0 Å². The van der Waals surface area contributed by atoms with E-state index in [9.17, 15) is 0 Å². The minimum atomic E-state index is 0.414. The van der Waals surface area contributed by atoms with Crippen LogP contribution in [-0.2, 0) is 6.54 Å². The van der Waals surface area contributed by atoms with Crippen molar-refractivity contribution in [2.45, 2.75) is 13.5 Å². The van der Waals surface area contributed by atoms with E-state index in [1.807, 2.05) is 37.4 Å². The number of hydrogen-bond acceptors (Lipinski definition) is 3. The second-order valence-corrected chi connectivity index (χ2v) is 5.49. The summed E-state index contributed by atoms with van der Waals surface area (Å²) in [5.41, 5.74) is 10.1. The number of ether oxygens (including phenoxy) is 1. The number of para-hydroxylation sites is 1. The van der Waals surface area contributed by atoms with Gasteiger partial charge in [0.25, 0.3) is 0 Å². The van der Waals surface area contributed by atoms with Gasteiger partial charge in [-0.3, -0.25) is 0 Å². The molecular weight excluding hydrogens is 280 g/mol. The molecule has 3 nitrogen and oxygen atoms in total. The van der Waals surface area contributed by atoms with E-state index >= 15 is 0 Å². The van der Waals surface area contributed by atoms with Gasteiger partial charge in [-0.25, -0.2) is 0 Å². The van der Waals surface area contributed by atoms with Crippen LogP contribution in [0.25, 0.3) is 0 Å². The molecule has 0 unspecified atom stereocenters. The Kier molecular flexibility index (Phi) is 4.81. The van der Waals surface area contributed by atoms with E-state index in [1.165, 1.54) is 5.56 Å². The molecule has 0 spiro atoms. The Morgan fingerprint density at radius 2 is 1.95 bits per heavy atom. The standard InChI is InChI=1S/C17H20N2OS/c1-12-8-9-14(17(18)21)15(10-12)19(2)11-13-6-4-5-7-16(13)20-3/h4-10H,11H2,1-3H3,(H2,18,21). The Bertz CT molecular complexity index is 655. The fourth-order valence-electron chi connectivity index (χ4n) is 2.34. The maximum atomic E-state index is 5.83. The van der Waals surface area contributed by atoms with Gasteiger partial charge in [0.2, 0.25) is 0 Å². The molecule has 0 aromatic heterocycles. The summed E-state index contributed by atoms with van der Waals surface area (Å²) in [6.45, 7) is 2.78. The molecule has 0 fully saturated rings. The zero-order valence-corrected chi connectivity index (χ0v) is 13.4. The first-order chi connectivity index (χ1) is 10.0. The molecule has 0 saturated heterocycles. The van der Waals surface area contributed by atoms with Crippen molar-refractivity contribution in [2.24, 2.45) is 5.73 Å². The third-order valence-electron chi connectivity index (χ3n) is 3.43. The van der Waals surface area contributed by atoms with E-state index in [0.717, 1.165) is 29.1 Å². The highest BCUT2D eigenvalue weighted by Crippen LogP contribution is 2.25. The molecule has 0 bridgehead atoms. The highest BCUT2D eigenvalue weighted by molar-refractivity contribution is 7.80. The highest BCUT2D eigenvalue weighted by atomic mass is 32.1. The van der Waals surface area contributed by atoms with Crippen LogP contribution in [0.4, 0.5) is 5.69 Å². The van der Waals surface area contributed by atoms with Crippen molar-refractivity contribution >= 4 is 22.9 Å². The van der Waals surface area contributed by atoms with E-state index < -0.39 is 0 Å². The molecule has 0 heterocycles. The van der Waals surface area contributed by atoms with Gasteiger partial charge >= 0.3 is 0 Å². The monoisotopic (exact) mass is 300 g/mol. The number of nitrogens with zero attached hydrogens (tertiary/aromatic N) is 1. The number of benzene rings is 2. The van der Waals surface area contributed by atoms with Crippen LogP contribution in [0, 0.1) is 6.92 Å². The van der Waals surface area contributed by atoms with E-state index in [4.69, 9.17) is 22.7 Å². The van der Waals surface area contributed by atoms with Gasteiger partial charge in [-0.15, -0.1) is 0 Å². The minimum Gasteiger partial charge on any atom is -0.496 e. The summed E-state index contributed by atoms with van der Waals surface area (Å²) in [6.07, 6.45) is 0. The fourth-order valence-corrected chi connectivity index (χ4v) is 2.51. The number of rotatable bonds is 5. The van der Waals surface area contributed by atoms with E-state index in [2.05, 4.69) is 24.0 Å². The van der Waals surface area contributed by atoms with Crippen molar-refractivity contribution in [1.29, 1.82) is 0 Å². The lowest BCUT2D eigenvalue weighted by Crippen LogP contribution is -2.22. The van der Waals surface area contributed by atoms with Crippen LogP contribution in [0.5, 0.6) is 5.75 Å². The van der Waals surface area contributed by atoms with Crippen molar-refractivity contribution in [3.63, 3.8) is 0 Å². The van der Waals surface area contributed by atoms with E-state index in [-0.39, 0.29) is 0 Å². The molecule has 0 amide bonds. The Morgan fingerprint density at radius 3 is 2.62 bits per heavy atom. The van der Waals surface area contributed by atoms with Gasteiger partial charge in [0.15, 0.2) is 0 Å². The number of nitrogens with two attached hydrogens (primary N) is 1. The van der Waals surface area contributed by atoms with Gasteiger partial charge in [0.05, 0.1) is 7.11 Å². The average molecular weight is 300 g/mol. The lowest BCUT2D eigenvalue weighted by atomic mass is 10.1. The molecule has 2 rings (SSSR count). The first-order valence-electron chi connectivity index (χ1n) is 6.76. The van der Waals surface area contributed by atoms with Crippen molar-refractivity contribution in [2.75, 3.05) is 19.1 Å². The summed E-state index contributed by atoms with van der Waals surface area (Å²) in [4.78, 5) is 2.55. The third-order valence-corrected chi connectivity index (χ3v) is 3.65. The molecule has 0 radical (unpaired) electrons. The fraction of sp³-hybridized carbons (Fsp3) is 0.235. The predicted molar refractivity (Wildman–Crippen MR) is 92.2 cm³/mol. The van der Waals surface area contributed by atoms with Crippen LogP contribution < -0.4 is 15.4 Å². The summed E-state index contributed by atoms with van der Waals surface area (Å²) in [6, 6.07) is 14.1. The summed E-state index contributed by atoms with van der Waals surface area (Å²) >= 11 is 5.15. The van der Waals surface area contributed by atoms with Crippen LogP contribution in [0.2, 0.25) is 0 Å². The lowest BCUT2D eigenvalue weighted by molar-refractivity contribution is 0.409. The molecule has 0 aliphatic heterocycles. The largest absolute Gasteiger partial charge is 0.496 e. The van der Waals surface area contributed by atoms with Gasteiger partial charge < -0.3 is 15.4 Å². The lowest BCUT2D eigenvalue weighted by Gasteiger charge is -2.23. The van der Waals surface area contributed by atoms with Gasteiger partial charge in [0, 0.05) is 30.4 Å². The van der Waals surface area contributed by atoms with Crippen molar-refractivity contribution in [3.05, 3.63) is 59.2 Å². The predicted octanol–water partition coefficient (Wildman–Crippen LogP) is 3.27. The molecule has 0 atom stereocenters. The van der Waals surface area contributed by atoms with Gasteiger partial charge in [0.1, 0.15) is 10.7 Å². The summed E-state index contributed by atoms with van der Waals surface area (Å²) in [5.74, 6) is 0.883. The zero-order chi connectivity index (χ0) is 15.4. The summed E-state index contributed by atoms with van der Waals surface area (Å²) in [5, 5.41) is 0. The van der Waals surface area contributed by atoms with Crippen LogP contribution in [0.15, 0.2) is 42.5 Å². The number of thiocarbonyl (C=S) groups is 1. The molecule has 0 saturated carbocycles. The maximum absolute atomic E-state index is 5.83. The summed E-state index contributed by atoms with van der Waals surface area (Å²) < 4.78 is 5.41. The average Bonchev–Trinajstić information content (AvgIpc) is 2.47. The molecule has 2 aromatic carbocycles. The Labute approximate surface area is 131 Å². The van der Waals surface area contributed by atoms with Crippen LogP contribution in [0.3, 0.4) is 0 Å². The zero-order valence-electron chi connectivity index (χ0n) is 12.6. The SMILES string of the molecule is COc1ccccc1CN(C)c1cc(C)ccc1C(N)=S. The van der Waals surface area contributed by atoms with E-state index in [0.29, 0.717) is 4.99 Å². The quantitative estimate of drug-likeness (QED) is 0.860. The first-order valence-corrected chi connectivity index (χ1v) is 7.17. The Balaban J connectivity index is 2.34. The molecular formula is C17H20N2OS. The topological polar surface area (TPSA) is 38.5 Å². The number of anilines is 1. The number of hydrogen-bond donors (Lipinski definition) is 1. The normalized spacial score (nSPS) is 10.2. The smallest absolute Gasteiger partial charge is 0.123 e. The summed E-state index contributed by atoms with van der Waals surface area (Å²) in [7, 11) is 3.72. The molecule has 4 heteroatoms. The Hall–Kier alpha value is -2.07. The first kappa shape index (κ1) is 15.3. The van der Waals surface area contributed by atoms with E-state index in [1.54, 1.807) is 7.11 Å². The van der Waals surface area contributed by atoms with Crippen LogP contribution >= 0.6 is 12.2 Å². The minimum absolute atomic E-state index is 0.414. The highest BCUT2D eigenvalue weighted by Gasteiger charge is 2.12. The molecule has 2 aromatic rings. The Morgan fingerprint density at radius 1 is 1.24 bits per heavy atom. The van der Waals surface area contributed by atoms with Crippen LogP contribution in [0.1, 0.15) is 16.7 Å². The molecule has 21 heavy (non-hydrogen) atoms. The second-order valence-electron chi connectivity index (χ2n) is 5.05. The van der Waals surface area contributed by atoms with Crippen molar-refractivity contribution in [1.82, 2.24) is 0 Å². The molecule has 0 aliphatic carbocycles. The van der Waals surface area contributed by atoms with Gasteiger partial charge in [-0.1, -0.05) is 36.5 Å². The number of methoxy groups -OCH3 is 1. The second kappa shape index (κ2) is 6.59. The molecule has 110 valence electrons.